The molecule has 4 rings (SSSR count). The van der Waals surface area contributed by atoms with E-state index in [-0.39, 0.29) is 23.1 Å². The van der Waals surface area contributed by atoms with E-state index in [4.69, 9.17) is 0 Å². The molecule has 2 saturated heterocycles. The number of hydrogen-bond acceptors (Lipinski definition) is 5. The Balaban J connectivity index is 1.51. The first-order valence-corrected chi connectivity index (χ1v) is 11.0. The highest BCUT2D eigenvalue weighted by atomic mass is 32.2. The minimum absolute atomic E-state index is 0.206. The van der Waals surface area contributed by atoms with Gasteiger partial charge in [0.15, 0.2) is 0 Å². The van der Waals surface area contributed by atoms with Gasteiger partial charge in [0.1, 0.15) is 11.1 Å². The van der Waals surface area contributed by atoms with E-state index in [9.17, 15) is 19.5 Å². The molecule has 1 atom stereocenters. The average Bonchev–Trinajstić information content (AvgIpc) is 3.49. The number of carbonyl (C=O) groups excluding carboxylic acids is 2. The van der Waals surface area contributed by atoms with Crippen LogP contribution in [-0.4, -0.2) is 69.6 Å². The second kappa shape index (κ2) is 7.39. The normalized spacial score (nSPS) is 23.8. The lowest BCUT2D eigenvalue weighted by molar-refractivity contribution is -0.141. The fourth-order valence-electron chi connectivity index (χ4n) is 4.51. The molecular weight excluding hydrogens is 378 g/mol. The molecule has 1 spiro atoms. The highest BCUT2D eigenvalue weighted by Crippen LogP contribution is 2.45. The topological polar surface area (TPSA) is 90.8 Å². The number of likely N-dealkylation sites (tertiary alicyclic amines) is 2. The van der Waals surface area contributed by atoms with E-state index >= 15 is 0 Å². The predicted molar refractivity (Wildman–Crippen MR) is 104 cm³/mol. The third kappa shape index (κ3) is 3.50. The smallest absolute Gasteiger partial charge is 0.326 e. The molecule has 7 nitrogen and oxygen atoms in total. The molecule has 1 aromatic heterocycles. The zero-order chi connectivity index (χ0) is 19.9. The van der Waals surface area contributed by atoms with Gasteiger partial charge in [-0.15, -0.1) is 11.8 Å². The Labute approximate surface area is 168 Å². The monoisotopic (exact) mass is 403 g/mol. The van der Waals surface area contributed by atoms with E-state index in [0.717, 1.165) is 25.7 Å². The number of hydrogen-bond donors (Lipinski definition) is 1. The molecule has 150 valence electrons. The standard InChI is InChI=1S/C20H25N3O4S/c1-28-16-14(3-2-8-21-16)18(25)23-12-20(11-15(23)19(26)27)6-9-22(10-7-20)17(24)13-4-5-13/h2-3,8,13,15H,4-7,9-12H2,1H3,(H,26,27). The Kier molecular flexibility index (Phi) is 5.07. The van der Waals surface area contributed by atoms with Crippen molar-refractivity contribution in [2.75, 3.05) is 25.9 Å². The number of piperidine rings is 1. The van der Waals surface area contributed by atoms with Crippen LogP contribution in [0.2, 0.25) is 0 Å². The van der Waals surface area contributed by atoms with Crippen molar-refractivity contribution in [3.8, 4) is 0 Å². The summed E-state index contributed by atoms with van der Waals surface area (Å²) in [6.45, 7) is 1.75. The van der Waals surface area contributed by atoms with Crippen molar-refractivity contribution < 1.29 is 19.5 Å². The summed E-state index contributed by atoms with van der Waals surface area (Å²) in [6, 6.07) is 2.59. The molecule has 1 aromatic rings. The number of carboxylic acid groups (broad SMARTS) is 1. The number of carbonyl (C=O) groups is 3. The van der Waals surface area contributed by atoms with Crippen LogP contribution in [0.1, 0.15) is 42.5 Å². The maximum absolute atomic E-state index is 13.2. The second-order valence-corrected chi connectivity index (χ2v) is 8.95. The second-order valence-electron chi connectivity index (χ2n) is 8.15. The van der Waals surface area contributed by atoms with Crippen LogP contribution in [0.25, 0.3) is 0 Å². The molecule has 3 heterocycles. The van der Waals surface area contributed by atoms with Crippen molar-refractivity contribution in [1.29, 1.82) is 0 Å². The molecule has 1 aliphatic carbocycles. The summed E-state index contributed by atoms with van der Waals surface area (Å²) in [5, 5.41) is 10.4. The number of aromatic nitrogens is 1. The van der Waals surface area contributed by atoms with Gasteiger partial charge in [-0.1, -0.05) is 0 Å². The van der Waals surface area contributed by atoms with Crippen molar-refractivity contribution in [3.63, 3.8) is 0 Å². The molecule has 2 aliphatic heterocycles. The molecule has 3 fully saturated rings. The van der Waals surface area contributed by atoms with Gasteiger partial charge in [0, 0.05) is 31.7 Å². The van der Waals surface area contributed by atoms with Crippen LogP contribution in [0.5, 0.6) is 0 Å². The summed E-state index contributed by atoms with van der Waals surface area (Å²) < 4.78 is 0. The number of nitrogens with zero attached hydrogens (tertiary/aromatic N) is 3. The van der Waals surface area contributed by atoms with Crippen LogP contribution >= 0.6 is 11.8 Å². The third-order valence-corrected chi connectivity index (χ3v) is 7.02. The van der Waals surface area contributed by atoms with E-state index in [1.807, 2.05) is 11.2 Å². The lowest BCUT2D eigenvalue weighted by Gasteiger charge is -2.39. The maximum atomic E-state index is 13.2. The molecule has 0 radical (unpaired) electrons. The molecule has 2 amide bonds. The van der Waals surface area contributed by atoms with Gasteiger partial charge in [-0.3, -0.25) is 9.59 Å². The highest BCUT2D eigenvalue weighted by molar-refractivity contribution is 7.98. The number of pyridine rings is 1. The van der Waals surface area contributed by atoms with Gasteiger partial charge in [-0.25, -0.2) is 9.78 Å². The Morgan fingerprint density at radius 1 is 1.25 bits per heavy atom. The van der Waals surface area contributed by atoms with Crippen molar-refractivity contribution in [3.05, 3.63) is 23.9 Å². The highest BCUT2D eigenvalue weighted by Gasteiger charge is 2.51. The summed E-state index contributed by atoms with van der Waals surface area (Å²) in [5.41, 5.74) is 0.237. The first kappa shape index (κ1) is 19.2. The number of rotatable bonds is 4. The van der Waals surface area contributed by atoms with Gasteiger partial charge in [0.25, 0.3) is 5.91 Å². The zero-order valence-electron chi connectivity index (χ0n) is 16.0. The minimum atomic E-state index is -0.962. The van der Waals surface area contributed by atoms with Gasteiger partial charge in [0.05, 0.1) is 5.56 Å². The molecule has 1 saturated carbocycles. The molecule has 1 N–H and O–H groups in total. The molecular formula is C20H25N3O4S. The lowest BCUT2D eigenvalue weighted by Crippen LogP contribution is -2.45. The van der Waals surface area contributed by atoms with Crippen LogP contribution in [-0.2, 0) is 9.59 Å². The molecule has 1 unspecified atom stereocenters. The first-order valence-electron chi connectivity index (χ1n) is 9.76. The number of thioether (sulfide) groups is 1. The largest absolute Gasteiger partial charge is 0.480 e. The van der Waals surface area contributed by atoms with Crippen molar-refractivity contribution in [1.82, 2.24) is 14.8 Å². The summed E-state index contributed by atoms with van der Waals surface area (Å²) in [4.78, 5) is 45.1. The predicted octanol–water partition coefficient (Wildman–Crippen LogP) is 2.12. The van der Waals surface area contributed by atoms with Crippen molar-refractivity contribution in [2.24, 2.45) is 11.3 Å². The van der Waals surface area contributed by atoms with Crippen LogP contribution in [0.4, 0.5) is 0 Å². The molecule has 3 aliphatic rings. The van der Waals surface area contributed by atoms with Gasteiger partial charge in [-0.05, 0) is 55.9 Å². The van der Waals surface area contributed by atoms with E-state index in [0.29, 0.717) is 36.6 Å². The zero-order valence-corrected chi connectivity index (χ0v) is 16.8. The fourth-order valence-corrected chi connectivity index (χ4v) is 5.06. The van der Waals surface area contributed by atoms with Crippen LogP contribution in [0, 0.1) is 11.3 Å². The van der Waals surface area contributed by atoms with Crippen LogP contribution in [0.3, 0.4) is 0 Å². The van der Waals surface area contributed by atoms with Gasteiger partial charge in [-0.2, -0.15) is 0 Å². The van der Waals surface area contributed by atoms with E-state index in [2.05, 4.69) is 4.98 Å². The van der Waals surface area contributed by atoms with Crippen molar-refractivity contribution in [2.45, 2.75) is 43.2 Å². The van der Waals surface area contributed by atoms with E-state index in [1.165, 1.54) is 16.7 Å². The molecule has 8 heteroatoms. The van der Waals surface area contributed by atoms with E-state index < -0.39 is 12.0 Å². The maximum Gasteiger partial charge on any atom is 0.326 e. The molecule has 0 bridgehead atoms. The van der Waals surface area contributed by atoms with Crippen molar-refractivity contribution >= 4 is 29.5 Å². The quantitative estimate of drug-likeness (QED) is 0.775. The summed E-state index contributed by atoms with van der Waals surface area (Å²) in [7, 11) is 0. The number of carboxylic acids is 1. The van der Waals surface area contributed by atoms with Crippen LogP contribution in [0.15, 0.2) is 23.4 Å². The summed E-state index contributed by atoms with van der Waals surface area (Å²) >= 11 is 1.38. The Morgan fingerprint density at radius 2 is 1.96 bits per heavy atom. The Morgan fingerprint density at radius 3 is 2.57 bits per heavy atom. The van der Waals surface area contributed by atoms with Gasteiger partial charge >= 0.3 is 5.97 Å². The first-order chi connectivity index (χ1) is 13.4. The fraction of sp³-hybridized carbons (Fsp3) is 0.600. The summed E-state index contributed by atoms with van der Waals surface area (Å²) in [5.74, 6) is -0.775. The molecule has 0 aromatic carbocycles. The third-order valence-electron chi connectivity index (χ3n) is 6.31. The van der Waals surface area contributed by atoms with E-state index in [1.54, 1.807) is 18.3 Å². The van der Waals surface area contributed by atoms with Crippen LogP contribution < -0.4 is 0 Å². The Hall–Kier alpha value is -2.09. The average molecular weight is 404 g/mol. The number of amides is 2. The van der Waals surface area contributed by atoms with Gasteiger partial charge in [0.2, 0.25) is 5.91 Å². The SMILES string of the molecule is CSc1ncccc1C(=O)N1CC2(CCN(C(=O)C3CC3)CC2)CC1C(=O)O. The Bertz CT molecular complexity index is 802. The lowest BCUT2D eigenvalue weighted by atomic mass is 9.76. The summed E-state index contributed by atoms with van der Waals surface area (Å²) in [6.07, 6.45) is 7.43. The minimum Gasteiger partial charge on any atom is -0.480 e. The van der Waals surface area contributed by atoms with Gasteiger partial charge < -0.3 is 14.9 Å². The number of aliphatic carboxylic acids is 1. The molecule has 28 heavy (non-hydrogen) atoms.